The lowest BCUT2D eigenvalue weighted by molar-refractivity contribution is -0.384. The number of halogens is 2. The van der Waals surface area contributed by atoms with Crippen molar-refractivity contribution >= 4 is 61.9 Å². The average Bonchev–Trinajstić information content (AvgIpc) is 3.05. The summed E-state index contributed by atoms with van der Waals surface area (Å²) in [6.45, 7) is 2.39. The molecule has 2 heterocycles. The summed E-state index contributed by atoms with van der Waals surface area (Å²) < 4.78 is 0.894. The number of nitro benzene ring substituents is 1. The van der Waals surface area contributed by atoms with Crippen molar-refractivity contribution in [3.8, 4) is 0 Å². The number of anilines is 1. The van der Waals surface area contributed by atoms with Crippen LogP contribution in [0.1, 0.15) is 9.67 Å². The van der Waals surface area contributed by atoms with E-state index in [4.69, 9.17) is 23.2 Å². The number of piperazine rings is 1. The topological polar surface area (TPSA) is 66.7 Å². The number of carbonyl (C=O) groups is 1. The largest absolute Gasteiger partial charge is 0.368 e. The number of hydrogen-bond acceptors (Lipinski definition) is 5. The lowest BCUT2D eigenvalue weighted by atomic mass is 10.2. The minimum Gasteiger partial charge on any atom is -0.368 e. The fraction of sp³-hybridized carbons (Fsp3) is 0.211. The third kappa shape index (κ3) is 3.41. The number of carbonyl (C=O) groups excluding carboxylic acids is 1. The van der Waals surface area contributed by atoms with Crippen LogP contribution in [0.3, 0.4) is 0 Å². The van der Waals surface area contributed by atoms with Crippen molar-refractivity contribution in [1.82, 2.24) is 4.90 Å². The fourth-order valence-corrected chi connectivity index (χ4v) is 5.22. The molecular weight excluding hydrogens is 421 g/mol. The van der Waals surface area contributed by atoms with E-state index in [1.165, 1.54) is 23.5 Å². The molecule has 0 atom stereocenters. The van der Waals surface area contributed by atoms with E-state index in [2.05, 4.69) is 4.90 Å². The molecule has 0 radical (unpaired) electrons. The standard InChI is InChI=1S/C19H15Cl2N3O3S/c20-14-2-1-3-15-16(14)17(21)18(28-15)19(25)23-10-8-22(9-11-23)12-4-6-13(7-5-12)24(26)27/h1-7H,8-11H2. The molecule has 1 aliphatic rings. The highest BCUT2D eigenvalue weighted by Crippen LogP contribution is 2.40. The molecule has 0 unspecified atom stereocenters. The van der Waals surface area contributed by atoms with Gasteiger partial charge in [-0.25, -0.2) is 0 Å². The van der Waals surface area contributed by atoms with E-state index >= 15 is 0 Å². The minimum atomic E-state index is -0.415. The zero-order chi connectivity index (χ0) is 19.8. The highest BCUT2D eigenvalue weighted by Gasteiger charge is 2.27. The van der Waals surface area contributed by atoms with Gasteiger partial charge >= 0.3 is 0 Å². The first-order valence-electron chi connectivity index (χ1n) is 8.61. The summed E-state index contributed by atoms with van der Waals surface area (Å²) in [5.74, 6) is -0.0920. The van der Waals surface area contributed by atoms with Crippen molar-refractivity contribution in [2.75, 3.05) is 31.1 Å². The summed E-state index contributed by atoms with van der Waals surface area (Å²) in [4.78, 5) is 27.7. The number of thiophene rings is 1. The number of hydrogen-bond donors (Lipinski definition) is 0. The normalized spacial score (nSPS) is 14.5. The minimum absolute atomic E-state index is 0.0654. The Hall–Kier alpha value is -2.35. The highest BCUT2D eigenvalue weighted by molar-refractivity contribution is 7.21. The van der Waals surface area contributed by atoms with Crippen molar-refractivity contribution in [2.24, 2.45) is 0 Å². The van der Waals surface area contributed by atoms with E-state index in [9.17, 15) is 14.9 Å². The van der Waals surface area contributed by atoms with Crippen LogP contribution in [0.4, 0.5) is 11.4 Å². The summed E-state index contributed by atoms with van der Waals surface area (Å²) in [6, 6.07) is 12.0. The van der Waals surface area contributed by atoms with Crippen LogP contribution in [0, 0.1) is 10.1 Å². The zero-order valence-electron chi connectivity index (χ0n) is 14.6. The number of non-ortho nitro benzene ring substituents is 1. The molecule has 1 saturated heterocycles. The molecule has 4 rings (SSSR count). The van der Waals surface area contributed by atoms with Crippen LogP contribution in [-0.2, 0) is 0 Å². The van der Waals surface area contributed by atoms with Gasteiger partial charge in [-0.1, -0.05) is 29.3 Å². The van der Waals surface area contributed by atoms with Crippen LogP contribution in [-0.4, -0.2) is 41.9 Å². The van der Waals surface area contributed by atoms with Gasteiger partial charge in [0, 0.05) is 54.1 Å². The van der Waals surface area contributed by atoms with Gasteiger partial charge in [0.15, 0.2) is 0 Å². The summed E-state index contributed by atoms with van der Waals surface area (Å²) >= 11 is 14.0. The van der Waals surface area contributed by atoms with Crippen LogP contribution >= 0.6 is 34.5 Å². The zero-order valence-corrected chi connectivity index (χ0v) is 16.9. The van der Waals surface area contributed by atoms with Gasteiger partial charge in [-0.2, -0.15) is 0 Å². The summed E-state index contributed by atoms with van der Waals surface area (Å²) in [5.41, 5.74) is 0.972. The molecule has 1 aliphatic heterocycles. The Bertz CT molecular complexity index is 1060. The number of benzene rings is 2. The van der Waals surface area contributed by atoms with E-state index in [0.29, 0.717) is 41.1 Å². The summed E-state index contributed by atoms with van der Waals surface area (Å²) in [5, 5.41) is 12.5. The Morgan fingerprint density at radius 3 is 2.32 bits per heavy atom. The Morgan fingerprint density at radius 1 is 1.04 bits per heavy atom. The van der Waals surface area contributed by atoms with Gasteiger partial charge in [-0.15, -0.1) is 11.3 Å². The number of fused-ring (bicyclic) bond motifs is 1. The Balaban J connectivity index is 1.48. The van der Waals surface area contributed by atoms with Crippen molar-refractivity contribution in [3.05, 3.63) is 67.5 Å². The smallest absolute Gasteiger partial charge is 0.269 e. The molecule has 0 saturated carbocycles. The van der Waals surface area contributed by atoms with Gasteiger partial charge < -0.3 is 9.80 Å². The Morgan fingerprint density at radius 2 is 1.71 bits per heavy atom. The van der Waals surface area contributed by atoms with E-state index in [1.54, 1.807) is 23.1 Å². The lowest BCUT2D eigenvalue weighted by Gasteiger charge is -2.36. The number of nitro groups is 1. The molecule has 144 valence electrons. The molecule has 9 heteroatoms. The van der Waals surface area contributed by atoms with E-state index in [-0.39, 0.29) is 11.6 Å². The molecule has 2 aromatic carbocycles. The van der Waals surface area contributed by atoms with Gasteiger partial charge in [0.2, 0.25) is 0 Å². The van der Waals surface area contributed by atoms with Crippen molar-refractivity contribution in [3.63, 3.8) is 0 Å². The maximum absolute atomic E-state index is 13.0. The highest BCUT2D eigenvalue weighted by atomic mass is 35.5. The van der Waals surface area contributed by atoms with Crippen LogP contribution in [0.5, 0.6) is 0 Å². The number of amides is 1. The molecule has 1 fully saturated rings. The molecule has 3 aromatic rings. The third-order valence-corrected chi connectivity index (χ3v) is 6.74. The van der Waals surface area contributed by atoms with Gasteiger partial charge in [0.25, 0.3) is 11.6 Å². The van der Waals surface area contributed by atoms with Crippen LogP contribution in [0.25, 0.3) is 10.1 Å². The monoisotopic (exact) mass is 435 g/mol. The molecular formula is C19H15Cl2N3O3S. The number of rotatable bonds is 3. The lowest BCUT2D eigenvalue weighted by Crippen LogP contribution is -2.48. The Labute approximate surface area is 175 Å². The van der Waals surface area contributed by atoms with E-state index < -0.39 is 4.92 Å². The quantitative estimate of drug-likeness (QED) is 0.424. The molecule has 0 N–H and O–H groups in total. The van der Waals surface area contributed by atoms with E-state index in [1.807, 2.05) is 12.1 Å². The SMILES string of the molecule is O=C(c1sc2cccc(Cl)c2c1Cl)N1CCN(c2ccc([N+](=O)[O-])cc2)CC1. The van der Waals surface area contributed by atoms with Gasteiger partial charge in [-0.05, 0) is 24.3 Å². The Kier molecular flexibility index (Phi) is 5.14. The predicted octanol–water partition coefficient (Wildman–Crippen LogP) is 5.08. The van der Waals surface area contributed by atoms with Crippen LogP contribution in [0.15, 0.2) is 42.5 Å². The molecule has 1 aromatic heterocycles. The molecule has 0 spiro atoms. The molecule has 0 bridgehead atoms. The van der Waals surface area contributed by atoms with Crippen LogP contribution in [0.2, 0.25) is 10.0 Å². The second-order valence-electron chi connectivity index (χ2n) is 6.41. The summed E-state index contributed by atoms with van der Waals surface area (Å²) in [6.07, 6.45) is 0. The fourth-order valence-electron chi connectivity index (χ4n) is 3.30. The summed E-state index contributed by atoms with van der Waals surface area (Å²) in [7, 11) is 0. The first-order valence-corrected chi connectivity index (χ1v) is 10.2. The van der Waals surface area contributed by atoms with Crippen molar-refractivity contribution in [1.29, 1.82) is 0 Å². The number of nitrogens with zero attached hydrogens (tertiary/aromatic N) is 3. The first-order chi connectivity index (χ1) is 13.5. The molecule has 1 amide bonds. The third-order valence-electron chi connectivity index (χ3n) is 4.79. The maximum Gasteiger partial charge on any atom is 0.269 e. The maximum atomic E-state index is 13.0. The first kappa shape index (κ1) is 19.0. The molecule has 0 aliphatic carbocycles. The average molecular weight is 436 g/mol. The van der Waals surface area contributed by atoms with Crippen LogP contribution < -0.4 is 4.90 Å². The van der Waals surface area contributed by atoms with Gasteiger partial charge in [-0.3, -0.25) is 14.9 Å². The molecule has 6 nitrogen and oxygen atoms in total. The second-order valence-corrected chi connectivity index (χ2v) is 8.25. The van der Waals surface area contributed by atoms with E-state index in [0.717, 1.165) is 15.8 Å². The second kappa shape index (κ2) is 7.58. The predicted molar refractivity (Wildman–Crippen MR) is 113 cm³/mol. The van der Waals surface area contributed by atoms with Crippen molar-refractivity contribution < 1.29 is 9.72 Å². The van der Waals surface area contributed by atoms with Gasteiger partial charge in [0.05, 0.1) is 15.0 Å². The van der Waals surface area contributed by atoms with Crippen molar-refractivity contribution in [2.45, 2.75) is 0 Å². The van der Waals surface area contributed by atoms with Gasteiger partial charge in [0.1, 0.15) is 4.88 Å². The molecule has 28 heavy (non-hydrogen) atoms.